The van der Waals surface area contributed by atoms with E-state index in [-0.39, 0.29) is 6.42 Å². The normalized spacial score (nSPS) is 11.4. The lowest BCUT2D eigenvalue weighted by atomic mass is 10.1. The molecule has 178 valence electrons. The van der Waals surface area contributed by atoms with Crippen LogP contribution < -0.4 is 5.11 Å². The molecule has 0 fully saturated rings. The summed E-state index contributed by atoms with van der Waals surface area (Å²) in [6.45, 7) is 3.35. The van der Waals surface area contributed by atoms with Crippen LogP contribution in [0.1, 0.15) is 102 Å². The Morgan fingerprint density at radius 3 is 1.74 bits per heavy atom. The first-order chi connectivity index (χ1) is 14.8. The number of carboxylic acids is 1. The Bertz CT molecular complexity index is 546. The molecule has 0 aromatic heterocycles. The average Bonchev–Trinajstić information content (AvgIpc) is 2.71. The fourth-order valence-corrected chi connectivity index (χ4v) is 3.47. The Labute approximate surface area is 193 Å². The van der Waals surface area contributed by atoms with E-state index in [0.29, 0.717) is 0 Å². The van der Waals surface area contributed by atoms with E-state index >= 15 is 0 Å². The molecular weight excluding hydrogens is 382 g/mol. The molecule has 0 heterocycles. The number of nitrogens with zero attached hydrogens (tertiary/aromatic N) is 1. The Morgan fingerprint density at radius 2 is 1.26 bits per heavy atom. The van der Waals surface area contributed by atoms with E-state index in [4.69, 9.17) is 0 Å². The highest BCUT2D eigenvalue weighted by molar-refractivity contribution is 5.64. The number of aliphatic carboxylic acids is 1. The zero-order valence-electron chi connectivity index (χ0n) is 20.9. The van der Waals surface area contributed by atoms with Gasteiger partial charge in [0.15, 0.2) is 0 Å². The van der Waals surface area contributed by atoms with E-state index in [1.54, 1.807) is 0 Å². The van der Waals surface area contributed by atoms with Crippen LogP contribution in [0.15, 0.2) is 42.5 Å². The van der Waals surface area contributed by atoms with E-state index in [1.165, 1.54) is 69.8 Å². The molecule has 0 N–H and O–H groups in total. The highest BCUT2D eigenvalue weighted by Gasteiger charge is 2.06. The van der Waals surface area contributed by atoms with Crippen molar-refractivity contribution in [2.75, 3.05) is 21.1 Å². The number of benzene rings is 1. The fourth-order valence-electron chi connectivity index (χ4n) is 3.47. The van der Waals surface area contributed by atoms with E-state index < -0.39 is 5.97 Å². The molecule has 0 radical (unpaired) electrons. The number of allylic oxidation sites excluding steroid dienone is 2. The molecule has 1 rings (SSSR count). The Hall–Kier alpha value is -1.61. The quantitative estimate of drug-likeness (QED) is 0.157. The first kappa shape index (κ1) is 29.4. The van der Waals surface area contributed by atoms with Gasteiger partial charge >= 0.3 is 0 Å². The SMILES string of the molecule is CCCCCCCCC=CCCCCCCCC(=O)[O-].C[N+](C)(C)Cc1ccccc1. The number of unbranched alkanes of at least 4 members (excludes halogenated alkanes) is 11. The van der Waals surface area contributed by atoms with E-state index in [9.17, 15) is 9.90 Å². The highest BCUT2D eigenvalue weighted by atomic mass is 16.4. The van der Waals surface area contributed by atoms with Crippen molar-refractivity contribution < 1.29 is 14.4 Å². The number of quaternary nitrogens is 1. The third-order valence-corrected chi connectivity index (χ3v) is 5.14. The van der Waals surface area contributed by atoms with Gasteiger partial charge in [-0.15, -0.1) is 0 Å². The van der Waals surface area contributed by atoms with Crippen molar-refractivity contribution in [3.05, 3.63) is 48.0 Å². The summed E-state index contributed by atoms with van der Waals surface area (Å²) in [6, 6.07) is 10.6. The van der Waals surface area contributed by atoms with Crippen molar-refractivity contribution in [1.82, 2.24) is 0 Å². The van der Waals surface area contributed by atoms with Crippen LogP contribution >= 0.6 is 0 Å². The molecule has 0 unspecified atom stereocenters. The molecule has 0 spiro atoms. The van der Waals surface area contributed by atoms with Gasteiger partial charge in [0.05, 0.1) is 21.1 Å². The number of rotatable bonds is 17. The van der Waals surface area contributed by atoms with E-state index in [1.807, 2.05) is 0 Å². The van der Waals surface area contributed by atoms with Gasteiger partial charge in [-0.1, -0.05) is 101 Å². The number of carbonyl (C=O) groups is 1. The van der Waals surface area contributed by atoms with Crippen molar-refractivity contribution in [3.63, 3.8) is 0 Å². The minimum Gasteiger partial charge on any atom is -0.550 e. The summed E-state index contributed by atoms with van der Waals surface area (Å²) in [7, 11) is 6.60. The first-order valence-electron chi connectivity index (χ1n) is 12.5. The van der Waals surface area contributed by atoms with Crippen molar-refractivity contribution in [2.45, 2.75) is 103 Å². The summed E-state index contributed by atoms with van der Waals surface area (Å²) in [5, 5.41) is 10.2. The van der Waals surface area contributed by atoms with Gasteiger partial charge in [0.2, 0.25) is 0 Å². The van der Waals surface area contributed by atoms with E-state index in [0.717, 1.165) is 30.3 Å². The summed E-state index contributed by atoms with van der Waals surface area (Å²) in [4.78, 5) is 10.2. The summed E-state index contributed by atoms with van der Waals surface area (Å²) in [5.74, 6) is -0.914. The van der Waals surface area contributed by atoms with Crippen molar-refractivity contribution in [2.24, 2.45) is 0 Å². The zero-order chi connectivity index (χ0) is 23.2. The Morgan fingerprint density at radius 1 is 0.774 bits per heavy atom. The highest BCUT2D eigenvalue weighted by Crippen LogP contribution is 2.09. The maximum absolute atomic E-state index is 10.2. The largest absolute Gasteiger partial charge is 0.550 e. The predicted octanol–water partition coefficient (Wildman–Crippen LogP) is 6.67. The van der Waals surface area contributed by atoms with Crippen molar-refractivity contribution in [1.29, 1.82) is 0 Å². The van der Waals surface area contributed by atoms with Crippen LogP contribution in [-0.2, 0) is 11.3 Å². The van der Waals surface area contributed by atoms with Crippen LogP contribution in [0.4, 0.5) is 0 Å². The Kier molecular flexibility index (Phi) is 19.2. The smallest absolute Gasteiger partial charge is 0.104 e. The summed E-state index contributed by atoms with van der Waals surface area (Å²) >= 11 is 0. The maximum Gasteiger partial charge on any atom is 0.104 e. The minimum absolute atomic E-state index is 0.220. The van der Waals surface area contributed by atoms with Gasteiger partial charge in [0, 0.05) is 11.5 Å². The van der Waals surface area contributed by atoms with Crippen molar-refractivity contribution in [3.8, 4) is 0 Å². The third-order valence-electron chi connectivity index (χ3n) is 5.14. The number of carbonyl (C=O) groups excluding carboxylic acids is 1. The molecular formula is C28H49NO2. The molecule has 0 aliphatic heterocycles. The number of hydrogen-bond donors (Lipinski definition) is 0. The second kappa shape index (κ2) is 20.3. The average molecular weight is 432 g/mol. The van der Waals surface area contributed by atoms with Gasteiger partial charge in [-0.05, 0) is 38.5 Å². The fraction of sp³-hybridized carbons (Fsp3) is 0.679. The zero-order valence-corrected chi connectivity index (χ0v) is 20.9. The van der Waals surface area contributed by atoms with Gasteiger partial charge in [-0.3, -0.25) is 0 Å². The standard InChI is InChI=1S/C18H34O2.C10H16N/c1-2-3-4-5-6-7-8-9-10-11-12-13-14-15-16-17-18(19)20;1-11(2,3)9-10-7-5-4-6-8-10/h9-10H,2-8,11-17H2,1H3,(H,19,20);4-8H,9H2,1-3H3/q;+1/p-1. The molecule has 1 aromatic carbocycles. The second-order valence-corrected chi connectivity index (χ2v) is 9.64. The number of hydrogen-bond acceptors (Lipinski definition) is 2. The lowest BCUT2D eigenvalue weighted by Gasteiger charge is -2.23. The molecule has 0 aliphatic rings. The molecule has 0 saturated heterocycles. The van der Waals surface area contributed by atoms with Gasteiger partial charge in [-0.25, -0.2) is 0 Å². The van der Waals surface area contributed by atoms with E-state index in [2.05, 4.69) is 70.6 Å². The van der Waals surface area contributed by atoms with Gasteiger partial charge in [-0.2, -0.15) is 0 Å². The molecule has 1 aromatic rings. The third kappa shape index (κ3) is 24.5. The monoisotopic (exact) mass is 431 g/mol. The van der Waals surface area contributed by atoms with Crippen LogP contribution in [0, 0.1) is 0 Å². The lowest BCUT2D eigenvalue weighted by Crippen LogP contribution is -2.33. The maximum atomic E-state index is 10.2. The molecule has 3 heteroatoms. The van der Waals surface area contributed by atoms with Gasteiger partial charge in [0.25, 0.3) is 0 Å². The lowest BCUT2D eigenvalue weighted by molar-refractivity contribution is -0.884. The first-order valence-corrected chi connectivity index (χ1v) is 12.5. The van der Waals surface area contributed by atoms with Crippen LogP contribution in [-0.4, -0.2) is 31.6 Å². The second-order valence-electron chi connectivity index (χ2n) is 9.64. The van der Waals surface area contributed by atoms with Crippen LogP contribution in [0.3, 0.4) is 0 Å². The van der Waals surface area contributed by atoms with Gasteiger partial charge < -0.3 is 14.4 Å². The molecule has 31 heavy (non-hydrogen) atoms. The molecule has 0 aliphatic carbocycles. The van der Waals surface area contributed by atoms with Crippen LogP contribution in [0.25, 0.3) is 0 Å². The molecule has 3 nitrogen and oxygen atoms in total. The molecule has 0 bridgehead atoms. The molecule has 0 atom stereocenters. The summed E-state index contributed by atoms with van der Waals surface area (Å²) in [5.41, 5.74) is 1.40. The Balaban J connectivity index is 0.000000683. The summed E-state index contributed by atoms with van der Waals surface area (Å²) < 4.78 is 0.990. The van der Waals surface area contributed by atoms with Crippen LogP contribution in [0.2, 0.25) is 0 Å². The van der Waals surface area contributed by atoms with Gasteiger partial charge in [0.1, 0.15) is 6.54 Å². The van der Waals surface area contributed by atoms with Crippen molar-refractivity contribution >= 4 is 5.97 Å². The predicted molar refractivity (Wildman–Crippen MR) is 133 cm³/mol. The molecule has 0 saturated carbocycles. The molecule has 0 amide bonds. The van der Waals surface area contributed by atoms with Crippen LogP contribution in [0.5, 0.6) is 0 Å². The number of carboxylic acid groups (broad SMARTS) is 1. The summed E-state index contributed by atoms with van der Waals surface area (Å²) in [6.07, 6.45) is 20.9. The minimum atomic E-state index is -0.914. The topological polar surface area (TPSA) is 40.1 Å².